The van der Waals surface area contributed by atoms with Crippen LogP contribution in [0.4, 0.5) is 0 Å². The second kappa shape index (κ2) is 8.07. The summed E-state index contributed by atoms with van der Waals surface area (Å²) >= 11 is 0. The van der Waals surface area contributed by atoms with Crippen molar-refractivity contribution < 1.29 is 17.9 Å². The Hall–Kier alpha value is -0.700. The van der Waals surface area contributed by atoms with E-state index in [0.717, 1.165) is 19.4 Å². The zero-order valence-corrected chi connectivity index (χ0v) is 14.2. The van der Waals surface area contributed by atoms with Crippen molar-refractivity contribution in [3.8, 4) is 0 Å². The maximum atomic E-state index is 12.4. The van der Waals surface area contributed by atoms with E-state index in [1.54, 1.807) is 0 Å². The second-order valence-corrected chi connectivity index (χ2v) is 7.80. The molecule has 1 aliphatic rings. The first kappa shape index (κ1) is 18.3. The van der Waals surface area contributed by atoms with Gasteiger partial charge in [-0.3, -0.25) is 4.79 Å². The average molecular weight is 321 g/mol. The number of esters is 1. The second-order valence-electron chi connectivity index (χ2n) is 5.76. The van der Waals surface area contributed by atoms with E-state index in [1.165, 1.54) is 22.8 Å². The highest BCUT2D eigenvalue weighted by Gasteiger charge is 2.31. The van der Waals surface area contributed by atoms with Crippen molar-refractivity contribution in [1.29, 1.82) is 0 Å². The highest BCUT2D eigenvalue weighted by molar-refractivity contribution is 7.86. The molecule has 0 spiro atoms. The van der Waals surface area contributed by atoms with Crippen LogP contribution < -0.4 is 0 Å². The summed E-state index contributed by atoms with van der Waals surface area (Å²) in [5.41, 5.74) is 0. The smallest absolute Gasteiger partial charge is 0.306 e. The van der Waals surface area contributed by atoms with Crippen LogP contribution in [-0.2, 0) is 19.7 Å². The largest absolute Gasteiger partial charge is 0.469 e. The lowest BCUT2D eigenvalue weighted by Crippen LogP contribution is -2.47. The molecule has 0 aromatic rings. The van der Waals surface area contributed by atoms with E-state index in [-0.39, 0.29) is 13.0 Å². The van der Waals surface area contributed by atoms with Crippen molar-refractivity contribution >= 4 is 16.2 Å². The van der Waals surface area contributed by atoms with Gasteiger partial charge in [0.2, 0.25) is 0 Å². The molecule has 0 aromatic carbocycles. The number of hydrogen-bond acceptors (Lipinski definition) is 5. The minimum absolute atomic E-state index is 0.0727. The van der Waals surface area contributed by atoms with Gasteiger partial charge in [-0.1, -0.05) is 0 Å². The Bertz CT molecular complexity index is 431. The molecule has 0 radical (unpaired) electrons. The fourth-order valence-corrected chi connectivity index (χ4v) is 3.89. The van der Waals surface area contributed by atoms with Crippen molar-refractivity contribution in [2.75, 3.05) is 54.4 Å². The summed E-state index contributed by atoms with van der Waals surface area (Å²) in [4.78, 5) is 13.2. The normalized spacial score (nSPS) is 18.4. The Kier molecular flexibility index (Phi) is 7.05. The van der Waals surface area contributed by atoms with Crippen LogP contribution >= 0.6 is 0 Å². The molecule has 0 amide bonds. The molecule has 0 N–H and O–H groups in total. The molecule has 0 atom stereocenters. The third-order valence-corrected chi connectivity index (χ3v) is 5.76. The Morgan fingerprint density at radius 3 is 2.29 bits per heavy atom. The van der Waals surface area contributed by atoms with E-state index in [4.69, 9.17) is 0 Å². The van der Waals surface area contributed by atoms with Gasteiger partial charge in [-0.25, -0.2) is 0 Å². The quantitative estimate of drug-likeness (QED) is 0.617. The lowest BCUT2D eigenvalue weighted by atomic mass is 9.98. The third-order valence-electron chi connectivity index (χ3n) is 3.78. The van der Waals surface area contributed by atoms with Crippen LogP contribution in [0, 0.1) is 5.92 Å². The molecule has 21 heavy (non-hydrogen) atoms. The fraction of sp³-hybridized carbons (Fsp3) is 0.923. The number of carbonyl (C=O) groups is 1. The molecule has 8 heteroatoms. The standard InChI is InChI=1S/C13H27N3O4S/c1-14(2)11-12-5-9-16(10-6-12)21(18,19)15(3)8-7-13(17)20-4/h12H,5-11H2,1-4H3. The van der Waals surface area contributed by atoms with Gasteiger partial charge in [-0.15, -0.1) is 0 Å². The first-order chi connectivity index (χ1) is 9.77. The SMILES string of the molecule is COC(=O)CCN(C)S(=O)(=O)N1CCC(CN(C)C)CC1. The van der Waals surface area contributed by atoms with E-state index in [2.05, 4.69) is 9.64 Å². The molecule has 0 bridgehead atoms. The van der Waals surface area contributed by atoms with Gasteiger partial charge in [0.1, 0.15) is 0 Å². The van der Waals surface area contributed by atoms with E-state index >= 15 is 0 Å². The maximum Gasteiger partial charge on any atom is 0.306 e. The molecule has 0 unspecified atom stereocenters. The number of piperidine rings is 1. The number of rotatable bonds is 7. The van der Waals surface area contributed by atoms with Gasteiger partial charge in [0, 0.05) is 33.2 Å². The molecule has 1 heterocycles. The van der Waals surface area contributed by atoms with Gasteiger partial charge >= 0.3 is 5.97 Å². The molecular weight excluding hydrogens is 294 g/mol. The number of carbonyl (C=O) groups excluding carboxylic acids is 1. The van der Waals surface area contributed by atoms with Crippen LogP contribution in [0.2, 0.25) is 0 Å². The van der Waals surface area contributed by atoms with Crippen LogP contribution in [-0.4, -0.2) is 82.3 Å². The third kappa shape index (κ3) is 5.54. The highest BCUT2D eigenvalue weighted by atomic mass is 32.2. The molecule has 0 aromatic heterocycles. The summed E-state index contributed by atoms with van der Waals surface area (Å²) in [5.74, 6) is 0.147. The summed E-state index contributed by atoms with van der Waals surface area (Å²) in [7, 11) is 3.39. The van der Waals surface area contributed by atoms with Crippen molar-refractivity contribution in [3.63, 3.8) is 0 Å². The minimum atomic E-state index is -3.47. The summed E-state index contributed by atoms with van der Waals surface area (Å²) in [6, 6.07) is 0. The predicted octanol–water partition coefficient (Wildman–Crippen LogP) is -0.000300. The van der Waals surface area contributed by atoms with Gasteiger partial charge in [0.15, 0.2) is 0 Å². The zero-order valence-electron chi connectivity index (χ0n) is 13.4. The summed E-state index contributed by atoms with van der Waals surface area (Å²) < 4.78 is 32.1. The number of ether oxygens (including phenoxy) is 1. The molecule has 0 aliphatic carbocycles. The zero-order chi connectivity index (χ0) is 16.0. The molecule has 0 saturated carbocycles. The van der Waals surface area contributed by atoms with Crippen molar-refractivity contribution in [2.45, 2.75) is 19.3 Å². The van der Waals surface area contributed by atoms with E-state index in [0.29, 0.717) is 19.0 Å². The lowest BCUT2D eigenvalue weighted by molar-refractivity contribution is -0.140. The maximum absolute atomic E-state index is 12.4. The van der Waals surface area contributed by atoms with Gasteiger partial charge in [0.05, 0.1) is 13.5 Å². The van der Waals surface area contributed by atoms with Crippen LogP contribution in [0.1, 0.15) is 19.3 Å². The Labute approximate surface area is 128 Å². The van der Waals surface area contributed by atoms with E-state index in [9.17, 15) is 13.2 Å². The summed E-state index contributed by atoms with van der Waals surface area (Å²) in [6.45, 7) is 2.23. The lowest BCUT2D eigenvalue weighted by Gasteiger charge is -2.34. The molecule has 1 fully saturated rings. The van der Waals surface area contributed by atoms with Gasteiger partial charge in [0.25, 0.3) is 10.2 Å². The molecule has 7 nitrogen and oxygen atoms in total. The van der Waals surface area contributed by atoms with E-state index in [1.807, 2.05) is 14.1 Å². The Balaban J connectivity index is 2.50. The first-order valence-electron chi connectivity index (χ1n) is 7.20. The van der Waals surface area contributed by atoms with Crippen LogP contribution in [0.15, 0.2) is 0 Å². The topological polar surface area (TPSA) is 70.2 Å². The number of methoxy groups -OCH3 is 1. The van der Waals surface area contributed by atoms with Crippen LogP contribution in [0.5, 0.6) is 0 Å². The van der Waals surface area contributed by atoms with Crippen LogP contribution in [0.3, 0.4) is 0 Å². The molecule has 1 rings (SSSR count). The molecule has 124 valence electrons. The first-order valence-corrected chi connectivity index (χ1v) is 8.60. The molecule has 1 saturated heterocycles. The van der Waals surface area contributed by atoms with Crippen molar-refractivity contribution in [1.82, 2.24) is 13.5 Å². The van der Waals surface area contributed by atoms with Gasteiger partial charge in [-0.2, -0.15) is 17.0 Å². The van der Waals surface area contributed by atoms with Crippen molar-refractivity contribution in [3.05, 3.63) is 0 Å². The van der Waals surface area contributed by atoms with Gasteiger partial charge in [-0.05, 0) is 32.9 Å². The average Bonchev–Trinajstić information content (AvgIpc) is 2.44. The monoisotopic (exact) mass is 321 g/mol. The van der Waals surface area contributed by atoms with E-state index < -0.39 is 16.2 Å². The number of hydrogen-bond donors (Lipinski definition) is 0. The summed E-state index contributed by atoms with van der Waals surface area (Å²) in [6.07, 6.45) is 1.83. The van der Waals surface area contributed by atoms with Crippen LogP contribution in [0.25, 0.3) is 0 Å². The Morgan fingerprint density at radius 1 is 1.24 bits per heavy atom. The fourth-order valence-electron chi connectivity index (χ4n) is 2.50. The van der Waals surface area contributed by atoms with Gasteiger partial charge < -0.3 is 9.64 Å². The summed E-state index contributed by atoms with van der Waals surface area (Å²) in [5, 5.41) is 0. The molecule has 1 aliphatic heterocycles. The predicted molar refractivity (Wildman–Crippen MR) is 81.0 cm³/mol. The number of nitrogens with zero attached hydrogens (tertiary/aromatic N) is 3. The molecular formula is C13H27N3O4S. The van der Waals surface area contributed by atoms with Crippen molar-refractivity contribution in [2.24, 2.45) is 5.92 Å². The minimum Gasteiger partial charge on any atom is -0.469 e. The Morgan fingerprint density at radius 2 is 1.81 bits per heavy atom. The highest BCUT2D eigenvalue weighted by Crippen LogP contribution is 2.21.